The predicted octanol–water partition coefficient (Wildman–Crippen LogP) is 3.82. The molecule has 0 bridgehead atoms. The van der Waals surface area contributed by atoms with Gasteiger partial charge in [-0.3, -0.25) is 9.69 Å². The molecule has 178 valence electrons. The van der Waals surface area contributed by atoms with Gasteiger partial charge >= 0.3 is 0 Å². The van der Waals surface area contributed by atoms with Crippen molar-refractivity contribution in [3.63, 3.8) is 0 Å². The van der Waals surface area contributed by atoms with E-state index in [1.165, 1.54) is 11.3 Å². The number of ether oxygens (including phenoxy) is 2. The van der Waals surface area contributed by atoms with Gasteiger partial charge in [-0.2, -0.15) is 0 Å². The number of thiophene rings is 1. The van der Waals surface area contributed by atoms with Crippen LogP contribution < -0.4 is 10.3 Å². The standard InChI is InChI=1S/C25H27N3O5S/c1-3-10-32-15-17(29)12-28(13-18-7-6-11-33-18)14-22-26-24(30)23-20(16-34-25(23)27-22)19-8-4-5-9-21(19)31-2/h3-9,11,16-17,29H,1,10,12-15H2,2H3,(H,26,27,30). The summed E-state index contributed by atoms with van der Waals surface area (Å²) in [6.45, 7) is 5.25. The molecule has 4 aromatic rings. The Balaban J connectivity index is 1.59. The van der Waals surface area contributed by atoms with Gasteiger partial charge in [-0.05, 0) is 18.2 Å². The number of hydrogen-bond acceptors (Lipinski definition) is 8. The molecular formula is C25H27N3O5S. The number of furan rings is 1. The highest BCUT2D eigenvalue weighted by atomic mass is 32.1. The van der Waals surface area contributed by atoms with Gasteiger partial charge in [0.25, 0.3) is 5.56 Å². The first kappa shape index (κ1) is 23.9. The van der Waals surface area contributed by atoms with Crippen LogP contribution in [0.15, 0.2) is 69.9 Å². The molecule has 0 amide bonds. The second-order valence-electron chi connectivity index (χ2n) is 7.77. The first-order valence-electron chi connectivity index (χ1n) is 10.8. The minimum atomic E-state index is -0.718. The number of benzene rings is 1. The third kappa shape index (κ3) is 5.63. The quantitative estimate of drug-likeness (QED) is 0.234. The second-order valence-corrected chi connectivity index (χ2v) is 8.63. The third-order valence-corrected chi connectivity index (χ3v) is 6.11. The maximum atomic E-state index is 13.1. The Morgan fingerprint density at radius 3 is 2.88 bits per heavy atom. The molecule has 4 rings (SSSR count). The molecule has 2 N–H and O–H groups in total. The number of nitrogens with zero attached hydrogens (tertiary/aromatic N) is 2. The van der Waals surface area contributed by atoms with Crippen LogP contribution in [0.4, 0.5) is 0 Å². The maximum absolute atomic E-state index is 13.1. The van der Waals surface area contributed by atoms with Crippen molar-refractivity contribution in [2.45, 2.75) is 19.2 Å². The van der Waals surface area contributed by atoms with Gasteiger partial charge in [-0.1, -0.05) is 24.3 Å². The van der Waals surface area contributed by atoms with E-state index >= 15 is 0 Å². The Bertz CT molecular complexity index is 1280. The van der Waals surface area contributed by atoms with E-state index in [0.29, 0.717) is 48.0 Å². The van der Waals surface area contributed by atoms with E-state index in [1.54, 1.807) is 19.4 Å². The molecule has 1 unspecified atom stereocenters. The van der Waals surface area contributed by atoms with Gasteiger partial charge in [0.05, 0.1) is 51.2 Å². The summed E-state index contributed by atoms with van der Waals surface area (Å²) in [5.74, 6) is 1.96. The van der Waals surface area contributed by atoms with Crippen LogP contribution in [0.5, 0.6) is 5.75 Å². The lowest BCUT2D eigenvalue weighted by atomic mass is 10.1. The van der Waals surface area contributed by atoms with Crippen molar-refractivity contribution in [1.82, 2.24) is 14.9 Å². The number of aliphatic hydroxyl groups excluding tert-OH is 1. The van der Waals surface area contributed by atoms with E-state index in [2.05, 4.69) is 11.6 Å². The SMILES string of the molecule is C=CCOCC(O)CN(Cc1nc2scc(-c3ccccc3OC)c2c(=O)[nH]1)Cc1ccco1. The number of fused-ring (bicyclic) bond motifs is 1. The number of aromatic amines is 1. The molecule has 0 saturated heterocycles. The maximum Gasteiger partial charge on any atom is 0.260 e. The second kappa shape index (κ2) is 11.3. The molecule has 8 nitrogen and oxygen atoms in total. The molecule has 34 heavy (non-hydrogen) atoms. The van der Waals surface area contributed by atoms with Gasteiger partial charge in [0, 0.05) is 23.1 Å². The smallest absolute Gasteiger partial charge is 0.260 e. The van der Waals surface area contributed by atoms with Gasteiger partial charge in [-0.25, -0.2) is 4.98 Å². The number of para-hydroxylation sites is 1. The lowest BCUT2D eigenvalue weighted by Crippen LogP contribution is -2.35. The molecule has 0 spiro atoms. The summed E-state index contributed by atoms with van der Waals surface area (Å²) >= 11 is 1.41. The molecule has 0 aliphatic rings. The van der Waals surface area contributed by atoms with E-state index in [4.69, 9.17) is 18.9 Å². The lowest BCUT2D eigenvalue weighted by molar-refractivity contribution is 0.0210. The zero-order valence-electron chi connectivity index (χ0n) is 18.9. The summed E-state index contributed by atoms with van der Waals surface area (Å²) in [6.07, 6.45) is 2.52. The third-order valence-electron chi connectivity index (χ3n) is 5.24. The van der Waals surface area contributed by atoms with Crippen LogP contribution in [0, 0.1) is 0 Å². The van der Waals surface area contributed by atoms with Crippen molar-refractivity contribution in [3.05, 3.63) is 82.6 Å². The highest BCUT2D eigenvalue weighted by Gasteiger charge is 2.19. The van der Waals surface area contributed by atoms with Gasteiger partial charge in [0.2, 0.25) is 0 Å². The lowest BCUT2D eigenvalue weighted by Gasteiger charge is -2.23. The molecule has 9 heteroatoms. The molecule has 0 fully saturated rings. The van der Waals surface area contributed by atoms with E-state index in [1.807, 2.05) is 46.7 Å². The van der Waals surface area contributed by atoms with Gasteiger partial charge in [0.15, 0.2) is 0 Å². The molecule has 1 aromatic carbocycles. The van der Waals surface area contributed by atoms with Gasteiger partial charge in [-0.15, -0.1) is 17.9 Å². The van der Waals surface area contributed by atoms with Gasteiger partial charge in [0.1, 0.15) is 22.2 Å². The Hall–Kier alpha value is -3.24. The van der Waals surface area contributed by atoms with Crippen LogP contribution in [-0.2, 0) is 17.8 Å². The fourth-order valence-corrected chi connectivity index (χ4v) is 4.75. The van der Waals surface area contributed by atoms with Crippen LogP contribution in [-0.4, -0.2) is 52.9 Å². The Morgan fingerprint density at radius 2 is 2.12 bits per heavy atom. The summed E-state index contributed by atoms with van der Waals surface area (Å²) in [5, 5.41) is 12.9. The molecule has 0 saturated carbocycles. The first-order chi connectivity index (χ1) is 16.6. The van der Waals surface area contributed by atoms with E-state index < -0.39 is 6.10 Å². The Morgan fingerprint density at radius 1 is 1.26 bits per heavy atom. The van der Waals surface area contributed by atoms with E-state index in [0.717, 1.165) is 16.9 Å². The van der Waals surface area contributed by atoms with Crippen molar-refractivity contribution in [2.24, 2.45) is 0 Å². The molecule has 0 aliphatic heterocycles. The average Bonchev–Trinajstić information content (AvgIpc) is 3.49. The molecule has 3 aromatic heterocycles. The summed E-state index contributed by atoms with van der Waals surface area (Å²) in [4.78, 5) is 23.3. The fourth-order valence-electron chi connectivity index (χ4n) is 3.79. The Labute approximate surface area is 201 Å². The molecule has 0 radical (unpaired) electrons. The molecule has 3 heterocycles. The highest BCUT2D eigenvalue weighted by Crippen LogP contribution is 2.36. The summed E-state index contributed by atoms with van der Waals surface area (Å²) in [5.41, 5.74) is 1.42. The average molecular weight is 482 g/mol. The zero-order valence-corrected chi connectivity index (χ0v) is 19.7. The number of hydrogen-bond donors (Lipinski definition) is 2. The predicted molar refractivity (Wildman–Crippen MR) is 132 cm³/mol. The summed E-state index contributed by atoms with van der Waals surface area (Å²) in [6, 6.07) is 11.3. The minimum Gasteiger partial charge on any atom is -0.496 e. The zero-order chi connectivity index (χ0) is 23.9. The Kier molecular flexibility index (Phi) is 7.91. The van der Waals surface area contributed by atoms with Crippen molar-refractivity contribution in [2.75, 3.05) is 26.9 Å². The number of aromatic nitrogens is 2. The number of rotatable bonds is 12. The van der Waals surface area contributed by atoms with Crippen LogP contribution in [0.25, 0.3) is 21.3 Å². The monoisotopic (exact) mass is 481 g/mol. The summed E-state index contributed by atoms with van der Waals surface area (Å²) in [7, 11) is 1.61. The van der Waals surface area contributed by atoms with Crippen molar-refractivity contribution >= 4 is 21.6 Å². The first-order valence-corrected chi connectivity index (χ1v) is 11.7. The fraction of sp³-hybridized carbons (Fsp3) is 0.280. The van der Waals surface area contributed by atoms with Crippen LogP contribution in [0.1, 0.15) is 11.6 Å². The summed E-state index contributed by atoms with van der Waals surface area (Å²) < 4.78 is 16.3. The number of aliphatic hydroxyl groups is 1. The van der Waals surface area contributed by atoms with Crippen molar-refractivity contribution in [1.29, 1.82) is 0 Å². The molecule has 0 aliphatic carbocycles. The molecule has 1 atom stereocenters. The minimum absolute atomic E-state index is 0.177. The molecular weight excluding hydrogens is 454 g/mol. The topological polar surface area (TPSA) is 101 Å². The number of H-pyrrole nitrogens is 1. The highest BCUT2D eigenvalue weighted by molar-refractivity contribution is 7.17. The van der Waals surface area contributed by atoms with Crippen LogP contribution in [0.3, 0.4) is 0 Å². The largest absolute Gasteiger partial charge is 0.496 e. The van der Waals surface area contributed by atoms with Crippen molar-refractivity contribution in [3.8, 4) is 16.9 Å². The van der Waals surface area contributed by atoms with E-state index in [9.17, 15) is 9.90 Å². The number of nitrogens with one attached hydrogen (secondary N) is 1. The van der Waals surface area contributed by atoms with E-state index in [-0.39, 0.29) is 12.2 Å². The van der Waals surface area contributed by atoms with Crippen molar-refractivity contribution < 1.29 is 19.0 Å². The van der Waals surface area contributed by atoms with Crippen LogP contribution in [0.2, 0.25) is 0 Å². The van der Waals surface area contributed by atoms with Gasteiger partial charge < -0.3 is 24.0 Å². The normalized spacial score (nSPS) is 12.3. The number of methoxy groups -OCH3 is 1. The van der Waals surface area contributed by atoms with Crippen LogP contribution >= 0.6 is 11.3 Å².